The van der Waals surface area contributed by atoms with Crippen molar-refractivity contribution >= 4 is 11.7 Å². The first-order valence-corrected chi connectivity index (χ1v) is 7.92. The molecule has 0 aliphatic carbocycles. The van der Waals surface area contributed by atoms with E-state index in [-0.39, 0.29) is 6.10 Å². The van der Waals surface area contributed by atoms with Gasteiger partial charge in [0.1, 0.15) is 6.10 Å². The number of carboxylic acids is 1. The lowest BCUT2D eigenvalue weighted by Crippen LogP contribution is -2.13. The highest BCUT2D eigenvalue weighted by molar-refractivity contribution is 5.94. The molecule has 6 heteroatoms. The molecule has 1 N–H and O–H groups in total. The zero-order chi connectivity index (χ0) is 17.7. The Morgan fingerprint density at radius 1 is 1.26 bits per heavy atom. The minimum absolute atomic E-state index is 0.00986. The number of nitrogens with zero attached hydrogens (tertiary/aromatic N) is 2. The molecule has 0 radical (unpaired) electrons. The minimum atomic E-state index is -0.890. The average Bonchev–Trinajstić information content (AvgIpc) is 2.52. The van der Waals surface area contributed by atoms with Crippen LogP contribution >= 0.6 is 0 Å². The Hall–Kier alpha value is -2.11. The van der Waals surface area contributed by atoms with Crippen LogP contribution in [0, 0.1) is 4.91 Å². The number of benzene rings is 1. The maximum atomic E-state index is 10.7. The molecule has 23 heavy (non-hydrogen) atoms. The fraction of sp³-hybridized carbons (Fsp3) is 0.588. The first kappa shape index (κ1) is 20.9. The van der Waals surface area contributed by atoms with E-state index in [1.807, 2.05) is 27.1 Å². The molecule has 0 bridgehead atoms. The van der Waals surface area contributed by atoms with Crippen LogP contribution in [0.25, 0.3) is 0 Å². The van der Waals surface area contributed by atoms with E-state index < -0.39 is 5.97 Å². The topological polar surface area (TPSA) is 79.2 Å². The normalized spacial score (nSPS) is 11.0. The molecule has 130 valence electrons. The summed E-state index contributed by atoms with van der Waals surface area (Å²) in [5.41, 5.74) is 1.06. The van der Waals surface area contributed by atoms with Crippen molar-refractivity contribution in [3.05, 3.63) is 34.7 Å². The number of carbonyl (C=O) groups is 1. The van der Waals surface area contributed by atoms with Gasteiger partial charge in [0.15, 0.2) is 5.34 Å². The quantitative estimate of drug-likeness (QED) is 0.411. The molecule has 0 aliphatic rings. The van der Waals surface area contributed by atoms with Crippen LogP contribution in [-0.2, 0) is 4.84 Å². The van der Waals surface area contributed by atoms with Crippen molar-refractivity contribution < 1.29 is 14.7 Å². The van der Waals surface area contributed by atoms with Gasteiger partial charge in [-0.3, -0.25) is 0 Å². The van der Waals surface area contributed by atoms with Crippen LogP contribution in [-0.4, -0.2) is 31.3 Å². The Kier molecular flexibility index (Phi) is 11.3. The van der Waals surface area contributed by atoms with E-state index in [1.54, 1.807) is 23.1 Å². The van der Waals surface area contributed by atoms with Crippen LogP contribution < -0.4 is 4.90 Å². The SMILES string of the molecule is CCCCCCC(C)ON=O.CN(C)c1ccccc1C(=O)O. The van der Waals surface area contributed by atoms with Crippen molar-refractivity contribution in [2.75, 3.05) is 19.0 Å². The predicted octanol–water partition coefficient (Wildman–Crippen LogP) is 4.49. The Labute approximate surface area is 138 Å². The lowest BCUT2D eigenvalue weighted by atomic mass is 10.1. The number of aromatic carboxylic acids is 1. The van der Waals surface area contributed by atoms with Gasteiger partial charge in [0.05, 0.1) is 11.3 Å². The summed E-state index contributed by atoms with van der Waals surface area (Å²) in [5, 5.41) is 11.2. The van der Waals surface area contributed by atoms with Gasteiger partial charge in [-0.05, 0) is 31.9 Å². The number of hydrogen-bond donors (Lipinski definition) is 1. The predicted molar refractivity (Wildman–Crippen MR) is 92.8 cm³/mol. The van der Waals surface area contributed by atoms with E-state index >= 15 is 0 Å². The van der Waals surface area contributed by atoms with Crippen molar-refractivity contribution in [2.24, 2.45) is 5.34 Å². The zero-order valence-corrected chi connectivity index (χ0v) is 14.5. The van der Waals surface area contributed by atoms with Gasteiger partial charge in [0, 0.05) is 14.1 Å². The summed E-state index contributed by atoms with van der Waals surface area (Å²) >= 11 is 0. The highest BCUT2D eigenvalue weighted by Gasteiger charge is 2.09. The van der Waals surface area contributed by atoms with Gasteiger partial charge in [-0.1, -0.05) is 38.3 Å². The molecule has 0 saturated heterocycles. The molecule has 0 fully saturated rings. The monoisotopic (exact) mass is 324 g/mol. The number of unbranched alkanes of at least 4 members (excludes halogenated alkanes) is 3. The van der Waals surface area contributed by atoms with Crippen LogP contribution in [0.4, 0.5) is 5.69 Å². The molecule has 1 aromatic carbocycles. The van der Waals surface area contributed by atoms with Gasteiger partial charge >= 0.3 is 5.97 Å². The van der Waals surface area contributed by atoms with E-state index in [4.69, 9.17) is 5.11 Å². The molecule has 0 amide bonds. The van der Waals surface area contributed by atoms with Crippen molar-refractivity contribution in [3.8, 4) is 0 Å². The Morgan fingerprint density at radius 2 is 1.91 bits per heavy atom. The smallest absolute Gasteiger partial charge is 0.337 e. The molecular weight excluding hydrogens is 296 g/mol. The lowest BCUT2D eigenvalue weighted by molar-refractivity contribution is 0.0607. The van der Waals surface area contributed by atoms with Crippen LogP contribution in [0.2, 0.25) is 0 Å². The molecule has 0 spiro atoms. The van der Waals surface area contributed by atoms with Crippen molar-refractivity contribution in [1.82, 2.24) is 0 Å². The minimum Gasteiger partial charge on any atom is -0.478 e. The molecule has 0 aromatic heterocycles. The van der Waals surface area contributed by atoms with E-state index in [0.717, 1.165) is 18.5 Å². The maximum absolute atomic E-state index is 10.7. The van der Waals surface area contributed by atoms with Crippen LogP contribution in [0.15, 0.2) is 29.6 Å². The molecule has 0 saturated carbocycles. The number of carboxylic acid groups (broad SMARTS) is 1. The summed E-state index contributed by atoms with van der Waals surface area (Å²) in [4.78, 5) is 26.6. The van der Waals surface area contributed by atoms with E-state index in [9.17, 15) is 9.70 Å². The number of anilines is 1. The summed E-state index contributed by atoms with van der Waals surface area (Å²) in [7, 11) is 3.64. The van der Waals surface area contributed by atoms with Crippen molar-refractivity contribution in [2.45, 2.75) is 52.1 Å². The third-order valence-electron chi connectivity index (χ3n) is 3.30. The van der Waals surface area contributed by atoms with Crippen LogP contribution in [0.3, 0.4) is 0 Å². The second kappa shape index (κ2) is 12.4. The molecule has 1 aromatic rings. The van der Waals surface area contributed by atoms with Gasteiger partial charge in [-0.2, -0.15) is 0 Å². The summed E-state index contributed by atoms with van der Waals surface area (Å²) in [6.07, 6.45) is 5.78. The van der Waals surface area contributed by atoms with Gasteiger partial charge in [-0.15, -0.1) is 4.91 Å². The van der Waals surface area contributed by atoms with E-state index in [1.165, 1.54) is 19.3 Å². The molecule has 6 nitrogen and oxygen atoms in total. The second-order valence-electron chi connectivity index (χ2n) is 5.56. The van der Waals surface area contributed by atoms with Crippen molar-refractivity contribution in [3.63, 3.8) is 0 Å². The zero-order valence-electron chi connectivity index (χ0n) is 14.5. The van der Waals surface area contributed by atoms with E-state index in [2.05, 4.69) is 17.1 Å². The standard InChI is InChI=1S/C9H11NO2.C8H17NO2/c1-10(2)8-6-4-3-5-7(8)9(11)12;1-3-4-5-6-7-8(2)11-9-10/h3-6H,1-2H3,(H,11,12);8H,3-7H2,1-2H3. The fourth-order valence-electron chi connectivity index (χ4n) is 2.03. The Morgan fingerprint density at radius 3 is 2.39 bits per heavy atom. The first-order chi connectivity index (χ1) is 10.9. The molecule has 1 atom stereocenters. The van der Waals surface area contributed by atoms with E-state index in [0.29, 0.717) is 5.56 Å². The third kappa shape index (κ3) is 9.50. The average molecular weight is 324 g/mol. The van der Waals surface area contributed by atoms with Crippen molar-refractivity contribution in [1.29, 1.82) is 0 Å². The van der Waals surface area contributed by atoms with Gasteiger partial charge in [0.2, 0.25) is 0 Å². The summed E-state index contributed by atoms with van der Waals surface area (Å²) in [6.45, 7) is 4.04. The lowest BCUT2D eigenvalue weighted by Gasteiger charge is -2.14. The van der Waals surface area contributed by atoms with Gasteiger partial charge < -0.3 is 14.8 Å². The van der Waals surface area contributed by atoms with Crippen LogP contribution in [0.1, 0.15) is 56.3 Å². The number of rotatable bonds is 9. The summed E-state index contributed by atoms with van der Waals surface area (Å²) < 4.78 is 0. The summed E-state index contributed by atoms with van der Waals surface area (Å²) in [6, 6.07) is 6.92. The Bertz CT molecular complexity index is 464. The third-order valence-corrected chi connectivity index (χ3v) is 3.30. The number of hydrogen-bond acceptors (Lipinski definition) is 5. The molecular formula is C17H28N2O4. The van der Waals surface area contributed by atoms with Crippen LogP contribution in [0.5, 0.6) is 0 Å². The maximum Gasteiger partial charge on any atom is 0.337 e. The highest BCUT2D eigenvalue weighted by Crippen LogP contribution is 2.17. The van der Waals surface area contributed by atoms with Gasteiger partial charge in [0.25, 0.3) is 0 Å². The molecule has 0 heterocycles. The second-order valence-corrected chi connectivity index (χ2v) is 5.56. The Balaban J connectivity index is 0.000000423. The number of para-hydroxylation sites is 1. The summed E-state index contributed by atoms with van der Waals surface area (Å²) in [5.74, 6) is -0.890. The molecule has 1 rings (SSSR count). The molecule has 0 aliphatic heterocycles. The molecule has 1 unspecified atom stereocenters. The largest absolute Gasteiger partial charge is 0.478 e. The highest BCUT2D eigenvalue weighted by atomic mass is 16.7. The first-order valence-electron chi connectivity index (χ1n) is 7.92. The fourth-order valence-corrected chi connectivity index (χ4v) is 2.03. The van der Waals surface area contributed by atoms with Gasteiger partial charge in [-0.25, -0.2) is 4.79 Å².